The molecule has 0 spiro atoms. The highest BCUT2D eigenvalue weighted by molar-refractivity contribution is 14.0. The van der Waals surface area contributed by atoms with Crippen LogP contribution in [0.2, 0.25) is 0 Å². The average molecular weight is 450 g/mol. The van der Waals surface area contributed by atoms with Crippen molar-refractivity contribution in [1.82, 2.24) is 15.5 Å². The second-order valence-corrected chi connectivity index (χ2v) is 5.81. The minimum Gasteiger partial charge on any atom is -0.469 e. The van der Waals surface area contributed by atoms with Crippen molar-refractivity contribution < 1.29 is 9.15 Å². The number of likely N-dealkylation sites (tertiary alicyclic amines) is 1. The van der Waals surface area contributed by atoms with E-state index in [0.717, 1.165) is 44.3 Å². The van der Waals surface area contributed by atoms with Crippen LogP contribution in [0, 0.1) is 0 Å². The molecule has 7 heteroatoms. The van der Waals surface area contributed by atoms with Crippen molar-refractivity contribution in [3.05, 3.63) is 24.2 Å². The minimum absolute atomic E-state index is 0. The highest BCUT2D eigenvalue weighted by Gasteiger charge is 2.09. The molecule has 0 saturated carbocycles. The van der Waals surface area contributed by atoms with Crippen molar-refractivity contribution in [2.24, 2.45) is 4.99 Å². The first-order chi connectivity index (χ1) is 11.4. The molecule has 0 aliphatic carbocycles. The lowest BCUT2D eigenvalue weighted by Crippen LogP contribution is -2.40. The summed E-state index contributed by atoms with van der Waals surface area (Å²) in [6.45, 7) is 6.52. The Morgan fingerprint density at radius 3 is 2.75 bits per heavy atom. The maximum atomic E-state index is 5.35. The third-order valence-corrected chi connectivity index (χ3v) is 3.98. The van der Waals surface area contributed by atoms with Gasteiger partial charge >= 0.3 is 0 Å². The minimum atomic E-state index is 0. The van der Waals surface area contributed by atoms with Gasteiger partial charge in [-0.2, -0.15) is 0 Å². The van der Waals surface area contributed by atoms with Crippen LogP contribution < -0.4 is 10.6 Å². The van der Waals surface area contributed by atoms with Crippen LogP contribution in [0.1, 0.15) is 25.0 Å². The maximum Gasteiger partial charge on any atom is 0.191 e. The first kappa shape index (κ1) is 21.2. The Kier molecular flexibility index (Phi) is 11.9. The molecule has 24 heavy (non-hydrogen) atoms. The standard InChI is InChI=1S/C17H30N4O2.HI/c1-22-15-10-20-17(18-8-7-16-6-5-14-23-16)19-9-13-21-11-3-2-4-12-21;/h5-6,14H,2-4,7-13,15H2,1H3,(H2,18,19,20);1H. The molecule has 6 nitrogen and oxygen atoms in total. The van der Waals surface area contributed by atoms with Gasteiger partial charge < -0.3 is 24.7 Å². The van der Waals surface area contributed by atoms with Crippen molar-refractivity contribution in [1.29, 1.82) is 0 Å². The molecule has 1 fully saturated rings. The second-order valence-electron chi connectivity index (χ2n) is 5.81. The van der Waals surface area contributed by atoms with E-state index in [4.69, 9.17) is 9.15 Å². The summed E-state index contributed by atoms with van der Waals surface area (Å²) in [4.78, 5) is 7.18. The molecule has 1 aromatic heterocycles. The first-order valence-corrected chi connectivity index (χ1v) is 8.64. The number of rotatable bonds is 9. The Labute approximate surface area is 162 Å². The Morgan fingerprint density at radius 2 is 2.04 bits per heavy atom. The van der Waals surface area contributed by atoms with E-state index >= 15 is 0 Å². The molecule has 2 N–H and O–H groups in total. The van der Waals surface area contributed by atoms with E-state index in [1.807, 2.05) is 12.1 Å². The summed E-state index contributed by atoms with van der Waals surface area (Å²) in [5.74, 6) is 1.84. The first-order valence-electron chi connectivity index (χ1n) is 8.64. The van der Waals surface area contributed by atoms with Gasteiger partial charge in [0.2, 0.25) is 0 Å². The van der Waals surface area contributed by atoms with Crippen LogP contribution in [0.4, 0.5) is 0 Å². The third kappa shape index (κ3) is 8.89. The lowest BCUT2D eigenvalue weighted by molar-refractivity contribution is 0.203. The molecule has 1 aliphatic rings. The molecule has 2 heterocycles. The van der Waals surface area contributed by atoms with Crippen LogP contribution in [0.3, 0.4) is 0 Å². The predicted molar refractivity (Wildman–Crippen MR) is 108 cm³/mol. The fraction of sp³-hybridized carbons (Fsp3) is 0.706. The molecule has 0 aromatic carbocycles. The summed E-state index contributed by atoms with van der Waals surface area (Å²) in [6.07, 6.45) is 6.58. The Hall–Kier alpha value is -0.800. The third-order valence-electron chi connectivity index (χ3n) is 3.98. The fourth-order valence-corrected chi connectivity index (χ4v) is 2.69. The van der Waals surface area contributed by atoms with Gasteiger partial charge in [0.15, 0.2) is 5.96 Å². The van der Waals surface area contributed by atoms with Crippen LogP contribution >= 0.6 is 24.0 Å². The number of piperidine rings is 1. The Bertz CT molecular complexity index is 434. The van der Waals surface area contributed by atoms with Crippen molar-refractivity contribution in [3.8, 4) is 0 Å². The molecule has 2 rings (SSSR count). The summed E-state index contributed by atoms with van der Waals surface area (Å²) in [7, 11) is 1.71. The fourth-order valence-electron chi connectivity index (χ4n) is 2.69. The lowest BCUT2D eigenvalue weighted by atomic mass is 10.1. The molecule has 0 unspecified atom stereocenters. The molecule has 1 saturated heterocycles. The van der Waals surface area contributed by atoms with E-state index in [-0.39, 0.29) is 24.0 Å². The summed E-state index contributed by atoms with van der Waals surface area (Å²) < 4.78 is 10.4. The number of guanidine groups is 1. The van der Waals surface area contributed by atoms with Gasteiger partial charge in [-0.1, -0.05) is 6.42 Å². The van der Waals surface area contributed by atoms with Crippen molar-refractivity contribution >= 4 is 29.9 Å². The number of nitrogens with one attached hydrogen (secondary N) is 2. The van der Waals surface area contributed by atoms with Gasteiger partial charge in [-0.3, -0.25) is 4.99 Å². The highest BCUT2D eigenvalue weighted by atomic mass is 127. The molecule has 0 bridgehead atoms. The second kappa shape index (κ2) is 13.5. The number of nitrogens with zero attached hydrogens (tertiary/aromatic N) is 2. The maximum absolute atomic E-state index is 5.35. The monoisotopic (exact) mass is 450 g/mol. The smallest absolute Gasteiger partial charge is 0.191 e. The largest absolute Gasteiger partial charge is 0.469 e. The summed E-state index contributed by atoms with van der Waals surface area (Å²) in [6, 6.07) is 3.91. The van der Waals surface area contributed by atoms with E-state index in [1.165, 1.54) is 32.4 Å². The molecule has 0 radical (unpaired) electrons. The quantitative estimate of drug-likeness (QED) is 0.261. The molecule has 1 aliphatic heterocycles. The van der Waals surface area contributed by atoms with E-state index < -0.39 is 0 Å². The summed E-state index contributed by atoms with van der Waals surface area (Å²) in [5.41, 5.74) is 0. The zero-order valence-electron chi connectivity index (χ0n) is 14.6. The van der Waals surface area contributed by atoms with Crippen LogP contribution in [0.5, 0.6) is 0 Å². The van der Waals surface area contributed by atoms with Crippen molar-refractivity contribution in [2.75, 3.05) is 53.0 Å². The van der Waals surface area contributed by atoms with Crippen LogP contribution in [-0.4, -0.2) is 63.8 Å². The molecular formula is C17H31IN4O2. The van der Waals surface area contributed by atoms with Gasteiger partial charge in [0.25, 0.3) is 0 Å². The summed E-state index contributed by atoms with van der Waals surface area (Å²) >= 11 is 0. The number of aliphatic imine (C=N–C) groups is 1. The molecule has 0 amide bonds. The zero-order valence-corrected chi connectivity index (χ0v) is 17.0. The number of furan rings is 1. The number of halogens is 1. The van der Waals surface area contributed by atoms with Gasteiger partial charge in [0, 0.05) is 33.2 Å². The van der Waals surface area contributed by atoms with Crippen LogP contribution in [-0.2, 0) is 11.2 Å². The topological polar surface area (TPSA) is 62.0 Å². The number of hydrogen-bond donors (Lipinski definition) is 2. The van der Waals surface area contributed by atoms with Crippen molar-refractivity contribution in [2.45, 2.75) is 25.7 Å². The van der Waals surface area contributed by atoms with Crippen molar-refractivity contribution in [3.63, 3.8) is 0 Å². The molecule has 138 valence electrons. The predicted octanol–water partition coefficient (Wildman–Crippen LogP) is 2.11. The molecule has 0 atom stereocenters. The number of hydrogen-bond acceptors (Lipinski definition) is 4. The Balaban J connectivity index is 0.00000288. The summed E-state index contributed by atoms with van der Waals surface area (Å²) in [5, 5.41) is 6.66. The van der Waals surface area contributed by atoms with E-state index in [2.05, 4.69) is 20.5 Å². The van der Waals surface area contributed by atoms with E-state index in [9.17, 15) is 0 Å². The van der Waals surface area contributed by atoms with E-state index in [1.54, 1.807) is 13.4 Å². The molecule has 1 aromatic rings. The number of methoxy groups -OCH3 is 1. The molecular weight excluding hydrogens is 419 g/mol. The normalized spacial score (nSPS) is 15.8. The van der Waals surface area contributed by atoms with Gasteiger partial charge in [-0.05, 0) is 38.1 Å². The SMILES string of the molecule is COCCNC(=NCCN1CCCCC1)NCCc1ccco1.I. The van der Waals surface area contributed by atoms with E-state index in [0.29, 0.717) is 6.61 Å². The van der Waals surface area contributed by atoms with Gasteiger partial charge in [0.05, 0.1) is 19.4 Å². The number of ether oxygens (including phenoxy) is 1. The van der Waals surface area contributed by atoms with Crippen LogP contribution in [0.15, 0.2) is 27.8 Å². The average Bonchev–Trinajstić information content (AvgIpc) is 3.09. The van der Waals surface area contributed by atoms with Crippen LogP contribution in [0.25, 0.3) is 0 Å². The zero-order chi connectivity index (χ0) is 16.2. The Morgan fingerprint density at radius 1 is 1.25 bits per heavy atom. The van der Waals surface area contributed by atoms with Gasteiger partial charge in [-0.15, -0.1) is 24.0 Å². The van der Waals surface area contributed by atoms with Gasteiger partial charge in [0.1, 0.15) is 5.76 Å². The van der Waals surface area contributed by atoms with Gasteiger partial charge in [-0.25, -0.2) is 0 Å². The lowest BCUT2D eigenvalue weighted by Gasteiger charge is -2.25. The highest BCUT2D eigenvalue weighted by Crippen LogP contribution is 2.07.